The van der Waals surface area contributed by atoms with Gasteiger partial charge in [0.15, 0.2) is 0 Å². The van der Waals surface area contributed by atoms with Gasteiger partial charge in [0.05, 0.1) is 25.4 Å². The molecule has 0 aromatic rings. The average Bonchev–Trinajstić information content (AvgIpc) is 2.66. The van der Waals surface area contributed by atoms with E-state index in [1.807, 2.05) is 13.0 Å². The van der Waals surface area contributed by atoms with Crippen molar-refractivity contribution in [1.29, 1.82) is 0 Å². The molecule has 2 saturated carbocycles. The van der Waals surface area contributed by atoms with Crippen molar-refractivity contribution >= 4 is 0 Å². The largest absolute Gasteiger partial charge is 0.396 e. The van der Waals surface area contributed by atoms with Gasteiger partial charge in [0.25, 0.3) is 0 Å². The first-order valence-corrected chi connectivity index (χ1v) is 7.21. The number of allylic oxidation sites excluding steroid dienone is 1. The summed E-state index contributed by atoms with van der Waals surface area (Å²) in [5, 5.41) is 51.5. The number of rotatable bonds is 2. The maximum absolute atomic E-state index is 11.0. The topological polar surface area (TPSA) is 101 Å². The minimum atomic E-state index is -1.46. The SMILES string of the molecule is CC12C=CC(O)C1(CO)C1CC(C)(CO)C1(O)C(O)C2. The lowest BCUT2D eigenvalue weighted by Gasteiger charge is -2.72. The lowest BCUT2D eigenvalue weighted by molar-refractivity contribution is -0.349. The summed E-state index contributed by atoms with van der Waals surface area (Å²) in [6.07, 6.45) is 2.44. The molecule has 5 N–H and O–H groups in total. The monoisotopic (exact) mass is 284 g/mol. The van der Waals surface area contributed by atoms with E-state index in [9.17, 15) is 25.5 Å². The van der Waals surface area contributed by atoms with Crippen LogP contribution in [0.4, 0.5) is 0 Å². The summed E-state index contributed by atoms with van der Waals surface area (Å²) in [4.78, 5) is 0. The molecule has 7 unspecified atom stereocenters. The highest BCUT2D eigenvalue weighted by molar-refractivity contribution is 5.34. The highest BCUT2D eigenvalue weighted by atomic mass is 16.4. The number of hydrogen-bond acceptors (Lipinski definition) is 5. The zero-order valence-corrected chi connectivity index (χ0v) is 12.0. The van der Waals surface area contributed by atoms with E-state index >= 15 is 0 Å². The Labute approximate surface area is 118 Å². The van der Waals surface area contributed by atoms with Crippen LogP contribution in [-0.2, 0) is 0 Å². The third-order valence-corrected chi connectivity index (χ3v) is 6.75. The molecule has 0 aromatic heterocycles. The molecule has 0 spiro atoms. The number of fused-ring (bicyclic) bond motifs is 3. The van der Waals surface area contributed by atoms with Crippen LogP contribution in [0.25, 0.3) is 0 Å². The van der Waals surface area contributed by atoms with Gasteiger partial charge in [0.1, 0.15) is 5.60 Å². The van der Waals surface area contributed by atoms with E-state index in [1.165, 1.54) is 0 Å². The predicted molar refractivity (Wildman–Crippen MR) is 71.6 cm³/mol. The van der Waals surface area contributed by atoms with E-state index in [0.717, 1.165) is 0 Å². The molecule has 0 aliphatic heterocycles. The molecule has 3 rings (SSSR count). The van der Waals surface area contributed by atoms with Crippen molar-refractivity contribution in [3.63, 3.8) is 0 Å². The van der Waals surface area contributed by atoms with E-state index in [2.05, 4.69) is 0 Å². The molecule has 2 fully saturated rings. The Hall–Kier alpha value is -0.460. The van der Waals surface area contributed by atoms with Crippen LogP contribution in [0.2, 0.25) is 0 Å². The van der Waals surface area contributed by atoms with Crippen molar-refractivity contribution in [2.24, 2.45) is 22.2 Å². The lowest BCUT2D eigenvalue weighted by atomic mass is 9.35. The summed E-state index contributed by atoms with van der Waals surface area (Å²) in [7, 11) is 0. The number of aliphatic hydroxyl groups is 5. The van der Waals surface area contributed by atoms with Gasteiger partial charge in [-0.3, -0.25) is 0 Å². The van der Waals surface area contributed by atoms with Crippen LogP contribution < -0.4 is 0 Å². The molecule has 5 nitrogen and oxygen atoms in total. The van der Waals surface area contributed by atoms with Gasteiger partial charge in [-0.15, -0.1) is 0 Å². The van der Waals surface area contributed by atoms with Crippen LogP contribution in [0.15, 0.2) is 12.2 Å². The van der Waals surface area contributed by atoms with Crippen LogP contribution in [0.1, 0.15) is 26.7 Å². The Morgan fingerprint density at radius 3 is 2.30 bits per heavy atom. The van der Waals surface area contributed by atoms with E-state index in [0.29, 0.717) is 6.42 Å². The van der Waals surface area contributed by atoms with Gasteiger partial charge in [-0.25, -0.2) is 0 Å². The Morgan fingerprint density at radius 2 is 1.75 bits per heavy atom. The molecule has 3 aliphatic rings. The molecule has 20 heavy (non-hydrogen) atoms. The van der Waals surface area contributed by atoms with Crippen molar-refractivity contribution in [1.82, 2.24) is 0 Å². The predicted octanol–water partition coefficient (Wildman–Crippen LogP) is -0.584. The molecule has 5 heteroatoms. The van der Waals surface area contributed by atoms with Gasteiger partial charge in [0, 0.05) is 16.7 Å². The van der Waals surface area contributed by atoms with E-state index in [-0.39, 0.29) is 19.6 Å². The molecule has 0 amide bonds. The molecule has 114 valence electrons. The van der Waals surface area contributed by atoms with Gasteiger partial charge >= 0.3 is 0 Å². The van der Waals surface area contributed by atoms with Gasteiger partial charge < -0.3 is 25.5 Å². The Morgan fingerprint density at radius 1 is 1.10 bits per heavy atom. The highest BCUT2D eigenvalue weighted by Gasteiger charge is 2.78. The summed E-state index contributed by atoms with van der Waals surface area (Å²) >= 11 is 0. The van der Waals surface area contributed by atoms with Gasteiger partial charge in [-0.1, -0.05) is 26.0 Å². The zero-order chi connectivity index (χ0) is 15.0. The zero-order valence-electron chi connectivity index (χ0n) is 12.0. The smallest absolute Gasteiger partial charge is 0.102 e. The second kappa shape index (κ2) is 3.84. The molecular formula is C15H24O5. The van der Waals surface area contributed by atoms with Crippen LogP contribution in [0.3, 0.4) is 0 Å². The van der Waals surface area contributed by atoms with E-state index < -0.39 is 40.0 Å². The Kier molecular flexibility index (Phi) is 2.78. The average molecular weight is 284 g/mol. The first-order valence-electron chi connectivity index (χ1n) is 7.21. The fraction of sp³-hybridized carbons (Fsp3) is 0.867. The first-order chi connectivity index (χ1) is 9.22. The summed E-state index contributed by atoms with van der Waals surface area (Å²) < 4.78 is 0. The molecule has 0 bridgehead atoms. The molecule has 0 aromatic carbocycles. The molecule has 7 atom stereocenters. The molecular weight excluding hydrogens is 260 g/mol. The van der Waals surface area contributed by atoms with Gasteiger partial charge in [-0.2, -0.15) is 0 Å². The fourth-order valence-corrected chi connectivity index (χ4v) is 5.23. The number of hydrogen-bond donors (Lipinski definition) is 5. The van der Waals surface area contributed by atoms with Gasteiger partial charge in [0.2, 0.25) is 0 Å². The van der Waals surface area contributed by atoms with Crippen molar-refractivity contribution in [2.75, 3.05) is 13.2 Å². The van der Waals surface area contributed by atoms with Crippen LogP contribution in [0.5, 0.6) is 0 Å². The minimum Gasteiger partial charge on any atom is -0.396 e. The summed E-state index contributed by atoms with van der Waals surface area (Å²) in [6, 6.07) is 0. The maximum atomic E-state index is 11.0. The Bertz CT molecular complexity index is 465. The second-order valence-corrected chi connectivity index (χ2v) is 7.44. The quantitative estimate of drug-likeness (QED) is 0.437. The number of aliphatic hydroxyl groups excluding tert-OH is 4. The third kappa shape index (κ3) is 1.19. The van der Waals surface area contributed by atoms with Crippen molar-refractivity contribution in [3.8, 4) is 0 Å². The molecule has 0 heterocycles. The van der Waals surface area contributed by atoms with E-state index in [4.69, 9.17) is 0 Å². The normalized spacial score (nSPS) is 60.9. The minimum absolute atomic E-state index is 0.223. The first kappa shape index (κ1) is 14.5. The highest BCUT2D eigenvalue weighted by Crippen LogP contribution is 2.72. The Balaban J connectivity index is 2.11. The maximum Gasteiger partial charge on any atom is 0.102 e. The van der Waals surface area contributed by atoms with Crippen molar-refractivity contribution < 1.29 is 25.5 Å². The van der Waals surface area contributed by atoms with Crippen LogP contribution >= 0.6 is 0 Å². The van der Waals surface area contributed by atoms with Crippen molar-refractivity contribution in [3.05, 3.63) is 12.2 Å². The van der Waals surface area contributed by atoms with Gasteiger partial charge in [-0.05, 0) is 18.3 Å². The molecule has 0 saturated heterocycles. The molecule has 3 aliphatic carbocycles. The second-order valence-electron chi connectivity index (χ2n) is 7.44. The lowest BCUT2D eigenvalue weighted by Crippen LogP contribution is -2.80. The summed E-state index contributed by atoms with van der Waals surface area (Å²) in [5.74, 6) is -0.434. The fourth-order valence-electron chi connectivity index (χ4n) is 5.23. The summed E-state index contributed by atoms with van der Waals surface area (Å²) in [5.41, 5.74) is -3.68. The van der Waals surface area contributed by atoms with Crippen molar-refractivity contribution in [2.45, 2.75) is 44.5 Å². The molecule has 0 radical (unpaired) electrons. The summed E-state index contributed by atoms with van der Waals surface area (Å²) in [6.45, 7) is 3.18. The standard InChI is InChI=1S/C15H24O5/c1-12-4-3-10(18)14(12,8-17)9-5-13(2,7-16)15(9,20)11(19)6-12/h3-4,9-11,16-20H,5-8H2,1-2H3. The van der Waals surface area contributed by atoms with E-state index in [1.54, 1.807) is 13.0 Å². The van der Waals surface area contributed by atoms with Crippen LogP contribution in [-0.4, -0.2) is 56.6 Å². The third-order valence-electron chi connectivity index (χ3n) is 6.75. The van der Waals surface area contributed by atoms with Crippen LogP contribution in [0, 0.1) is 22.2 Å².